The Labute approximate surface area is 117 Å². The molecular weight excluding hydrogens is 256 g/mol. The number of nitrogens with one attached hydrogen (secondary N) is 1. The zero-order chi connectivity index (χ0) is 14.4. The fourth-order valence-corrected chi connectivity index (χ4v) is 2.02. The minimum absolute atomic E-state index is 0.0730. The Hall–Kier alpha value is -2.24. The topological polar surface area (TPSA) is 79.9 Å². The molecule has 2 rings (SSSR count). The molecule has 1 aliphatic rings. The SMILES string of the molecule is C/C(=N\NC1=NCCCCC1)c1cccc([N+](=O)[O-])c1. The Morgan fingerprint density at radius 2 is 2.25 bits per heavy atom. The number of rotatable bonds is 3. The number of nitrogens with zero attached hydrogens (tertiary/aromatic N) is 3. The highest BCUT2D eigenvalue weighted by Gasteiger charge is 2.08. The summed E-state index contributed by atoms with van der Waals surface area (Å²) < 4.78 is 0. The van der Waals surface area contributed by atoms with Gasteiger partial charge in [0.15, 0.2) is 0 Å². The van der Waals surface area contributed by atoms with E-state index in [1.165, 1.54) is 18.6 Å². The molecular formula is C14H18N4O2. The van der Waals surface area contributed by atoms with Gasteiger partial charge in [0, 0.05) is 30.7 Å². The van der Waals surface area contributed by atoms with Gasteiger partial charge in [0.25, 0.3) is 5.69 Å². The fraction of sp³-hybridized carbons (Fsp3) is 0.429. The van der Waals surface area contributed by atoms with Gasteiger partial charge in [0.2, 0.25) is 0 Å². The van der Waals surface area contributed by atoms with Gasteiger partial charge in [-0.25, -0.2) is 0 Å². The Balaban J connectivity index is 2.08. The first-order valence-corrected chi connectivity index (χ1v) is 6.75. The van der Waals surface area contributed by atoms with Crippen LogP contribution in [0.1, 0.15) is 38.2 Å². The smallest absolute Gasteiger partial charge is 0.270 e. The van der Waals surface area contributed by atoms with Gasteiger partial charge < -0.3 is 0 Å². The molecule has 0 aliphatic carbocycles. The van der Waals surface area contributed by atoms with Crippen LogP contribution in [0.25, 0.3) is 0 Å². The fourth-order valence-electron chi connectivity index (χ4n) is 2.02. The molecule has 6 nitrogen and oxygen atoms in total. The van der Waals surface area contributed by atoms with Crippen LogP contribution in [0, 0.1) is 10.1 Å². The highest BCUT2D eigenvalue weighted by atomic mass is 16.6. The zero-order valence-electron chi connectivity index (χ0n) is 11.5. The van der Waals surface area contributed by atoms with Gasteiger partial charge in [-0.05, 0) is 19.8 Å². The van der Waals surface area contributed by atoms with Crippen molar-refractivity contribution in [1.82, 2.24) is 5.43 Å². The molecule has 106 valence electrons. The first-order chi connectivity index (χ1) is 9.66. The van der Waals surface area contributed by atoms with Crippen LogP contribution in [0.3, 0.4) is 0 Å². The van der Waals surface area contributed by atoms with Gasteiger partial charge in [0.1, 0.15) is 5.84 Å². The maximum absolute atomic E-state index is 10.8. The number of hydrazone groups is 1. The Morgan fingerprint density at radius 1 is 1.40 bits per heavy atom. The van der Waals surface area contributed by atoms with Crippen LogP contribution in [0.15, 0.2) is 34.4 Å². The van der Waals surface area contributed by atoms with Crippen LogP contribution in [-0.4, -0.2) is 23.0 Å². The summed E-state index contributed by atoms with van der Waals surface area (Å²) in [4.78, 5) is 14.8. The molecule has 6 heteroatoms. The monoisotopic (exact) mass is 274 g/mol. The highest BCUT2D eigenvalue weighted by molar-refractivity contribution is 5.99. The first-order valence-electron chi connectivity index (χ1n) is 6.75. The van der Waals surface area contributed by atoms with Crippen molar-refractivity contribution < 1.29 is 4.92 Å². The molecule has 0 saturated heterocycles. The molecule has 0 atom stereocenters. The molecule has 1 aromatic rings. The summed E-state index contributed by atoms with van der Waals surface area (Å²) in [7, 11) is 0. The summed E-state index contributed by atoms with van der Waals surface area (Å²) in [6.07, 6.45) is 4.35. The van der Waals surface area contributed by atoms with E-state index in [4.69, 9.17) is 0 Å². The molecule has 20 heavy (non-hydrogen) atoms. The molecule has 0 unspecified atom stereocenters. The van der Waals surface area contributed by atoms with Crippen molar-refractivity contribution in [3.63, 3.8) is 0 Å². The van der Waals surface area contributed by atoms with Crippen molar-refractivity contribution in [2.45, 2.75) is 32.6 Å². The second kappa shape index (κ2) is 6.79. The summed E-state index contributed by atoms with van der Waals surface area (Å²) in [5.74, 6) is 0.896. The van der Waals surface area contributed by atoms with Gasteiger partial charge in [-0.3, -0.25) is 20.5 Å². The quantitative estimate of drug-likeness (QED) is 0.523. The lowest BCUT2D eigenvalue weighted by molar-refractivity contribution is -0.384. The molecule has 1 aromatic carbocycles. The molecule has 0 spiro atoms. The standard InChI is InChI=1S/C14H18N4O2/c1-11(12-6-5-7-13(10-12)18(19)20)16-17-14-8-3-2-4-9-15-14/h5-7,10H,2-4,8-9H2,1H3,(H,15,17)/b16-11+. The van der Waals surface area contributed by atoms with Crippen LogP contribution in [0.2, 0.25) is 0 Å². The van der Waals surface area contributed by atoms with Crippen LogP contribution in [-0.2, 0) is 0 Å². The largest absolute Gasteiger partial charge is 0.271 e. The van der Waals surface area contributed by atoms with Crippen molar-refractivity contribution in [1.29, 1.82) is 0 Å². The van der Waals surface area contributed by atoms with E-state index in [1.807, 2.05) is 13.0 Å². The van der Waals surface area contributed by atoms with E-state index in [9.17, 15) is 10.1 Å². The predicted molar refractivity (Wildman–Crippen MR) is 79.2 cm³/mol. The van der Waals surface area contributed by atoms with E-state index in [1.54, 1.807) is 6.07 Å². The number of non-ortho nitro benzene ring substituents is 1. The summed E-state index contributed by atoms with van der Waals surface area (Å²) in [5, 5.41) is 15.0. The number of amidine groups is 1. The maximum atomic E-state index is 10.8. The number of nitro benzene ring substituents is 1. The van der Waals surface area contributed by atoms with Crippen molar-refractivity contribution >= 4 is 17.2 Å². The number of nitro groups is 1. The molecule has 0 fully saturated rings. The average molecular weight is 274 g/mol. The molecule has 0 aromatic heterocycles. The highest BCUT2D eigenvalue weighted by Crippen LogP contribution is 2.13. The molecule has 0 amide bonds. The van der Waals surface area contributed by atoms with Gasteiger partial charge >= 0.3 is 0 Å². The summed E-state index contributed by atoms with van der Waals surface area (Å²) in [6, 6.07) is 6.47. The van der Waals surface area contributed by atoms with E-state index >= 15 is 0 Å². The third-order valence-corrected chi connectivity index (χ3v) is 3.20. The third-order valence-electron chi connectivity index (χ3n) is 3.20. The molecule has 0 bridgehead atoms. The Bertz CT molecular complexity index is 552. The summed E-state index contributed by atoms with van der Waals surface area (Å²) >= 11 is 0. The van der Waals surface area contributed by atoms with Crippen LogP contribution in [0.5, 0.6) is 0 Å². The molecule has 1 N–H and O–H groups in total. The van der Waals surface area contributed by atoms with Crippen LogP contribution >= 0.6 is 0 Å². The number of aliphatic imine (C=N–C) groups is 1. The van der Waals surface area contributed by atoms with E-state index in [-0.39, 0.29) is 5.69 Å². The van der Waals surface area contributed by atoms with Gasteiger partial charge in [-0.1, -0.05) is 18.6 Å². The third kappa shape index (κ3) is 3.88. The summed E-state index contributed by atoms with van der Waals surface area (Å²) in [6.45, 7) is 2.66. The van der Waals surface area contributed by atoms with Crippen molar-refractivity contribution in [2.24, 2.45) is 10.1 Å². The second-order valence-electron chi connectivity index (χ2n) is 4.76. The minimum atomic E-state index is -0.403. The minimum Gasteiger partial charge on any atom is -0.271 e. The molecule has 1 aliphatic heterocycles. The summed E-state index contributed by atoms with van der Waals surface area (Å²) in [5.41, 5.74) is 4.50. The van der Waals surface area contributed by atoms with Gasteiger partial charge in [-0.15, -0.1) is 0 Å². The van der Waals surface area contributed by atoms with Crippen LogP contribution in [0.4, 0.5) is 5.69 Å². The van der Waals surface area contributed by atoms with E-state index in [0.29, 0.717) is 5.71 Å². The van der Waals surface area contributed by atoms with Gasteiger partial charge in [-0.2, -0.15) is 5.10 Å². The average Bonchev–Trinajstić information content (AvgIpc) is 2.73. The molecule has 1 heterocycles. The lowest BCUT2D eigenvalue weighted by Gasteiger charge is -2.05. The second-order valence-corrected chi connectivity index (χ2v) is 4.76. The first kappa shape index (κ1) is 14.2. The van der Waals surface area contributed by atoms with Crippen molar-refractivity contribution in [2.75, 3.05) is 6.54 Å². The molecule has 0 radical (unpaired) electrons. The van der Waals surface area contributed by atoms with E-state index in [2.05, 4.69) is 15.5 Å². The Morgan fingerprint density at radius 3 is 3.05 bits per heavy atom. The zero-order valence-corrected chi connectivity index (χ0v) is 11.5. The van der Waals surface area contributed by atoms with Gasteiger partial charge in [0.05, 0.1) is 10.6 Å². The van der Waals surface area contributed by atoms with E-state index in [0.717, 1.165) is 37.2 Å². The number of benzene rings is 1. The van der Waals surface area contributed by atoms with Crippen molar-refractivity contribution in [3.8, 4) is 0 Å². The Kier molecular flexibility index (Phi) is 4.81. The number of hydrogen-bond acceptors (Lipinski definition) is 5. The lowest BCUT2D eigenvalue weighted by Crippen LogP contribution is -2.19. The number of hydrogen-bond donors (Lipinski definition) is 1. The predicted octanol–water partition coefficient (Wildman–Crippen LogP) is 2.88. The lowest BCUT2D eigenvalue weighted by atomic mass is 10.1. The van der Waals surface area contributed by atoms with Crippen LogP contribution < -0.4 is 5.43 Å². The molecule has 0 saturated carbocycles. The van der Waals surface area contributed by atoms with E-state index < -0.39 is 4.92 Å². The normalized spacial score (nSPS) is 16.2. The maximum Gasteiger partial charge on any atom is 0.270 e. The van der Waals surface area contributed by atoms with Crippen molar-refractivity contribution in [3.05, 3.63) is 39.9 Å².